The second-order valence-electron chi connectivity index (χ2n) is 5.28. The monoisotopic (exact) mass is 297 g/mol. The van der Waals surface area contributed by atoms with Gasteiger partial charge in [0, 0.05) is 18.3 Å². The number of anilines is 1. The number of carbonyl (C=O) groups is 1. The molecule has 1 atom stereocenters. The molecule has 0 spiro atoms. The molecule has 112 valence electrons. The van der Waals surface area contributed by atoms with E-state index in [1.807, 2.05) is 38.2 Å². The van der Waals surface area contributed by atoms with Crippen molar-refractivity contribution in [2.24, 2.45) is 0 Å². The van der Waals surface area contributed by atoms with Crippen LogP contribution in [0.15, 0.2) is 24.3 Å². The number of hydrogen-bond donors (Lipinski definition) is 2. The smallest absolute Gasteiger partial charge is 0.238 e. The van der Waals surface area contributed by atoms with Gasteiger partial charge in [-0.3, -0.25) is 9.69 Å². The molecular formula is C15H24ClN3O. The Bertz CT molecular complexity index is 439. The van der Waals surface area contributed by atoms with Gasteiger partial charge in [0.1, 0.15) is 0 Å². The zero-order chi connectivity index (χ0) is 13.7. The molecule has 0 saturated carbocycles. The largest absolute Gasteiger partial charge is 0.325 e. The van der Waals surface area contributed by atoms with E-state index in [1.165, 1.54) is 6.42 Å². The first-order chi connectivity index (χ1) is 9.17. The Morgan fingerprint density at radius 3 is 2.95 bits per heavy atom. The summed E-state index contributed by atoms with van der Waals surface area (Å²) in [6, 6.07) is 8.42. The van der Waals surface area contributed by atoms with Gasteiger partial charge in [0.25, 0.3) is 0 Å². The molecule has 1 fully saturated rings. The Hall–Kier alpha value is -1.10. The average molecular weight is 298 g/mol. The predicted molar refractivity (Wildman–Crippen MR) is 85.6 cm³/mol. The van der Waals surface area contributed by atoms with Crippen LogP contribution in [0.2, 0.25) is 0 Å². The summed E-state index contributed by atoms with van der Waals surface area (Å²) >= 11 is 0. The molecule has 1 aromatic rings. The fourth-order valence-corrected chi connectivity index (χ4v) is 2.56. The van der Waals surface area contributed by atoms with E-state index in [2.05, 4.69) is 15.5 Å². The van der Waals surface area contributed by atoms with Crippen LogP contribution >= 0.6 is 12.4 Å². The lowest BCUT2D eigenvalue weighted by Crippen LogP contribution is -2.46. The Labute approximate surface area is 127 Å². The van der Waals surface area contributed by atoms with Crippen LogP contribution < -0.4 is 10.6 Å². The summed E-state index contributed by atoms with van der Waals surface area (Å²) in [5, 5.41) is 6.25. The van der Waals surface area contributed by atoms with Crippen LogP contribution in [0.3, 0.4) is 0 Å². The number of rotatable bonds is 4. The summed E-state index contributed by atoms with van der Waals surface area (Å²) in [6.07, 6.45) is 2.36. The van der Waals surface area contributed by atoms with Crippen LogP contribution in [-0.2, 0) is 4.79 Å². The van der Waals surface area contributed by atoms with Crippen molar-refractivity contribution in [2.45, 2.75) is 25.8 Å². The van der Waals surface area contributed by atoms with E-state index in [0.29, 0.717) is 12.6 Å². The van der Waals surface area contributed by atoms with Crippen molar-refractivity contribution in [3.05, 3.63) is 29.8 Å². The van der Waals surface area contributed by atoms with E-state index in [1.54, 1.807) is 0 Å². The Morgan fingerprint density at radius 1 is 1.45 bits per heavy atom. The third kappa shape index (κ3) is 5.12. The third-order valence-corrected chi connectivity index (χ3v) is 3.58. The van der Waals surface area contributed by atoms with Gasteiger partial charge in [-0.2, -0.15) is 0 Å². The quantitative estimate of drug-likeness (QED) is 0.894. The molecule has 1 aliphatic heterocycles. The van der Waals surface area contributed by atoms with Gasteiger partial charge in [-0.05, 0) is 51.1 Å². The minimum atomic E-state index is 0. The lowest BCUT2D eigenvalue weighted by atomic mass is 10.1. The van der Waals surface area contributed by atoms with Crippen molar-refractivity contribution < 1.29 is 4.79 Å². The van der Waals surface area contributed by atoms with Crippen LogP contribution in [0.5, 0.6) is 0 Å². The maximum absolute atomic E-state index is 12.0. The normalized spacial score (nSPS) is 19.2. The molecule has 0 radical (unpaired) electrons. The van der Waals surface area contributed by atoms with Gasteiger partial charge in [0.05, 0.1) is 6.54 Å². The topological polar surface area (TPSA) is 44.4 Å². The van der Waals surface area contributed by atoms with Crippen molar-refractivity contribution in [3.8, 4) is 0 Å². The fourth-order valence-electron chi connectivity index (χ4n) is 2.56. The molecule has 1 unspecified atom stereocenters. The van der Waals surface area contributed by atoms with E-state index in [0.717, 1.165) is 30.8 Å². The van der Waals surface area contributed by atoms with Gasteiger partial charge in [-0.1, -0.05) is 12.1 Å². The van der Waals surface area contributed by atoms with Crippen LogP contribution in [0.4, 0.5) is 5.69 Å². The molecule has 1 aliphatic rings. The molecule has 1 saturated heterocycles. The average Bonchev–Trinajstić information content (AvgIpc) is 2.38. The summed E-state index contributed by atoms with van der Waals surface area (Å²) in [7, 11) is 1.99. The Kier molecular flexibility index (Phi) is 6.99. The maximum atomic E-state index is 12.0. The molecule has 2 N–H and O–H groups in total. The number of likely N-dealkylation sites (N-methyl/N-ethyl adjacent to an activating group) is 1. The number of nitrogens with zero attached hydrogens (tertiary/aromatic N) is 1. The van der Waals surface area contributed by atoms with Crippen LogP contribution in [0.25, 0.3) is 0 Å². The summed E-state index contributed by atoms with van der Waals surface area (Å²) < 4.78 is 0. The number of likely N-dealkylation sites (tertiary alicyclic amines) is 1. The van der Waals surface area contributed by atoms with Crippen molar-refractivity contribution in [1.82, 2.24) is 10.2 Å². The van der Waals surface area contributed by atoms with E-state index in [4.69, 9.17) is 0 Å². The highest BCUT2D eigenvalue weighted by molar-refractivity contribution is 5.92. The second-order valence-corrected chi connectivity index (χ2v) is 5.28. The number of nitrogens with one attached hydrogen (secondary N) is 2. The van der Waals surface area contributed by atoms with Gasteiger partial charge in [0.2, 0.25) is 5.91 Å². The van der Waals surface area contributed by atoms with E-state index in [9.17, 15) is 4.79 Å². The first-order valence-electron chi connectivity index (χ1n) is 6.93. The molecule has 1 amide bonds. The Morgan fingerprint density at radius 2 is 2.25 bits per heavy atom. The number of amides is 1. The molecule has 0 aromatic heterocycles. The molecular weight excluding hydrogens is 274 g/mol. The van der Waals surface area contributed by atoms with E-state index < -0.39 is 0 Å². The van der Waals surface area contributed by atoms with Gasteiger partial charge in [-0.25, -0.2) is 0 Å². The number of halogens is 1. The Balaban J connectivity index is 0.00000200. The highest BCUT2D eigenvalue weighted by Gasteiger charge is 2.20. The molecule has 20 heavy (non-hydrogen) atoms. The van der Waals surface area contributed by atoms with Crippen molar-refractivity contribution in [3.63, 3.8) is 0 Å². The van der Waals surface area contributed by atoms with E-state index >= 15 is 0 Å². The van der Waals surface area contributed by atoms with Crippen LogP contribution in [0, 0.1) is 6.92 Å². The molecule has 5 heteroatoms. The number of piperidine rings is 1. The number of hydrogen-bond acceptors (Lipinski definition) is 3. The minimum Gasteiger partial charge on any atom is -0.325 e. The van der Waals surface area contributed by atoms with Gasteiger partial charge in [-0.15, -0.1) is 12.4 Å². The van der Waals surface area contributed by atoms with Crippen LogP contribution in [-0.4, -0.2) is 43.5 Å². The maximum Gasteiger partial charge on any atom is 0.238 e. The molecule has 0 bridgehead atoms. The van der Waals surface area contributed by atoms with Gasteiger partial charge < -0.3 is 10.6 Å². The zero-order valence-corrected chi connectivity index (χ0v) is 13.0. The van der Waals surface area contributed by atoms with Crippen LogP contribution in [0.1, 0.15) is 18.4 Å². The summed E-state index contributed by atoms with van der Waals surface area (Å²) in [5.41, 5.74) is 2.04. The van der Waals surface area contributed by atoms with Crippen molar-refractivity contribution in [1.29, 1.82) is 0 Å². The first-order valence-corrected chi connectivity index (χ1v) is 6.93. The van der Waals surface area contributed by atoms with E-state index in [-0.39, 0.29) is 18.3 Å². The number of carbonyl (C=O) groups excluding carboxylic acids is 1. The van der Waals surface area contributed by atoms with Crippen molar-refractivity contribution in [2.75, 3.05) is 32.0 Å². The van der Waals surface area contributed by atoms with Gasteiger partial charge in [0.15, 0.2) is 0 Å². The first kappa shape index (κ1) is 17.0. The summed E-state index contributed by atoms with van der Waals surface area (Å²) in [5.74, 6) is 0.0716. The zero-order valence-electron chi connectivity index (χ0n) is 12.2. The summed E-state index contributed by atoms with van der Waals surface area (Å²) in [4.78, 5) is 14.2. The molecule has 2 rings (SSSR count). The molecule has 0 aliphatic carbocycles. The fraction of sp³-hybridized carbons (Fsp3) is 0.533. The lowest BCUT2D eigenvalue weighted by molar-refractivity contribution is -0.117. The highest BCUT2D eigenvalue weighted by atomic mass is 35.5. The lowest BCUT2D eigenvalue weighted by Gasteiger charge is -2.31. The number of aryl methyl sites for hydroxylation is 1. The van der Waals surface area contributed by atoms with Crippen molar-refractivity contribution >= 4 is 24.0 Å². The predicted octanol–water partition coefficient (Wildman–Crippen LogP) is 2.04. The van der Waals surface area contributed by atoms with Gasteiger partial charge >= 0.3 is 0 Å². The second kappa shape index (κ2) is 8.25. The third-order valence-electron chi connectivity index (χ3n) is 3.58. The molecule has 1 heterocycles. The summed E-state index contributed by atoms with van der Waals surface area (Å²) in [6.45, 7) is 4.47. The standard InChI is InChI=1S/C15H23N3O.ClH/c1-12-5-3-6-13(9-12)17-15(19)11-18-8-4-7-14(10-18)16-2;/h3,5-6,9,14,16H,4,7-8,10-11H2,1-2H3,(H,17,19);1H. The highest BCUT2D eigenvalue weighted by Crippen LogP contribution is 2.11. The molecule has 1 aromatic carbocycles. The number of benzene rings is 1. The molecule has 4 nitrogen and oxygen atoms in total. The minimum absolute atomic E-state index is 0. The SMILES string of the molecule is CNC1CCCN(CC(=O)Nc2cccc(C)c2)C1.Cl.